The van der Waals surface area contributed by atoms with E-state index in [1.165, 1.54) is 46.5 Å². The summed E-state index contributed by atoms with van der Waals surface area (Å²) in [6.45, 7) is 32.1. The number of anilines is 5. The third-order valence-corrected chi connectivity index (χ3v) is 12.7. The number of piperidine rings is 2. The van der Waals surface area contributed by atoms with Crippen LogP contribution in [-0.2, 0) is 0 Å². The Morgan fingerprint density at radius 3 is 1.56 bits per heavy atom. The molecule has 0 bridgehead atoms. The number of nitrogens with zero attached hydrogens (tertiary/aromatic N) is 14. The quantitative estimate of drug-likeness (QED) is 0.0427. The molecule has 20 nitrogen and oxygen atoms in total. The Hall–Kier alpha value is -7.01. The van der Waals surface area contributed by atoms with E-state index in [4.69, 9.17) is 30.5 Å². The number of nitrogen functional groups attached to an aromatic ring is 1. The number of halogens is 3. The highest BCUT2D eigenvalue weighted by Gasteiger charge is 2.39. The molecular formula is C48H59ClF2N20. The number of nitrogens with one attached hydrogen (secondary N) is 5. The minimum atomic E-state index is -0.405. The van der Waals surface area contributed by atoms with Gasteiger partial charge in [0.15, 0.2) is 0 Å². The summed E-state index contributed by atoms with van der Waals surface area (Å²) < 4.78 is 31.5. The highest BCUT2D eigenvalue weighted by Crippen LogP contribution is 2.45. The lowest BCUT2D eigenvalue weighted by Gasteiger charge is -2.46. The molecule has 0 radical (unpaired) electrons. The Morgan fingerprint density at radius 2 is 1.11 bits per heavy atom. The van der Waals surface area contributed by atoms with Crippen molar-refractivity contribution in [3.63, 3.8) is 0 Å². The molecule has 4 fully saturated rings. The molecule has 4 aliphatic rings. The number of hydrogen-bond acceptors (Lipinski definition) is 16. The van der Waals surface area contributed by atoms with E-state index >= 15 is 4.39 Å². The predicted molar refractivity (Wildman–Crippen MR) is 267 cm³/mol. The van der Waals surface area contributed by atoms with Crippen molar-refractivity contribution in [2.75, 3.05) is 21.7 Å². The molecule has 4 aromatic heterocycles. The van der Waals surface area contributed by atoms with Crippen molar-refractivity contribution in [1.29, 1.82) is 0 Å². The first-order chi connectivity index (χ1) is 33.6. The average Bonchev–Trinajstić information content (AvgIpc) is 4.19. The number of benzene rings is 2. The summed E-state index contributed by atoms with van der Waals surface area (Å²) in [5, 5.41) is 39.6. The highest BCUT2D eigenvalue weighted by atomic mass is 35.5. The maximum atomic E-state index is 15.1. The molecule has 0 unspecified atom stereocenters. The Bertz CT molecular complexity index is 2900. The maximum Gasteiger partial charge on any atom is 0.246 e. The highest BCUT2D eigenvalue weighted by molar-refractivity contribution is 6.28. The number of hydrogen-bond donors (Lipinski definition) is 6. The van der Waals surface area contributed by atoms with Crippen LogP contribution in [0.25, 0.3) is 21.1 Å². The summed E-state index contributed by atoms with van der Waals surface area (Å²) in [6.07, 6.45) is 13.7. The van der Waals surface area contributed by atoms with Crippen molar-refractivity contribution < 1.29 is 8.78 Å². The van der Waals surface area contributed by atoms with Gasteiger partial charge < -0.3 is 32.3 Å². The van der Waals surface area contributed by atoms with E-state index in [9.17, 15) is 4.39 Å². The van der Waals surface area contributed by atoms with Crippen molar-refractivity contribution in [2.24, 2.45) is 0 Å². The third-order valence-electron chi connectivity index (χ3n) is 12.5. The zero-order valence-corrected chi connectivity index (χ0v) is 41.8. The van der Waals surface area contributed by atoms with Gasteiger partial charge in [-0.15, -0.1) is 10.2 Å². The van der Waals surface area contributed by atoms with E-state index in [1.54, 1.807) is 12.1 Å². The molecule has 6 aromatic rings. The van der Waals surface area contributed by atoms with Gasteiger partial charge in [0.25, 0.3) is 0 Å². The second-order valence-corrected chi connectivity index (χ2v) is 21.7. The van der Waals surface area contributed by atoms with Crippen LogP contribution in [-0.4, -0.2) is 94.6 Å². The zero-order chi connectivity index (χ0) is 50.9. The number of tetrazole rings is 2. The molecule has 2 aliphatic carbocycles. The molecule has 7 N–H and O–H groups in total. The van der Waals surface area contributed by atoms with Crippen LogP contribution in [0.4, 0.5) is 49.1 Å². The summed E-state index contributed by atoms with van der Waals surface area (Å²) in [6, 6.07) is 6.64. The minimum absolute atomic E-state index is 0.0362. The molecule has 2 aromatic carbocycles. The van der Waals surface area contributed by atoms with E-state index in [0.29, 0.717) is 34.8 Å². The topological polar surface area (TPSA) is 234 Å². The smallest absolute Gasteiger partial charge is 0.246 e. The van der Waals surface area contributed by atoms with Gasteiger partial charge in [-0.1, -0.05) is 0 Å². The molecule has 71 heavy (non-hydrogen) atoms. The largest absolute Gasteiger partial charge is 0.396 e. The fourth-order valence-corrected chi connectivity index (χ4v) is 10.3. The fourth-order valence-electron chi connectivity index (χ4n) is 10.2. The standard InChI is InChI=1S/C24H29FN10.C14H20ClN5.C10H10FN5/c1-23(2)10-15(11-24(3,4)32-23)29-21-19(26-5)12-27-22(31-21)30-18-9-20(35-13-28-33-34-35)16(8-17(18)25)14-6-7-14;1-13(2)6-9(7-14(3,4)20-13)18-11-10(16-5)8-17-12(15)19-11;11-8-3-7(6-1-2-6)10(4-9(8)12)16-5-13-14-15-16/h8-9,12-15,32H,6-7,10-11H2,1-4H3,(H2,27,29,30,31);8-9,20H,6-7H2,1-4H3,(H,17,18,19);3-6H,1-2,12H2. The average molecular weight is 990 g/mol. The Morgan fingerprint density at radius 1 is 0.662 bits per heavy atom. The maximum absolute atomic E-state index is 15.1. The van der Waals surface area contributed by atoms with E-state index in [-0.39, 0.29) is 62.7 Å². The van der Waals surface area contributed by atoms with E-state index in [1.807, 2.05) is 0 Å². The van der Waals surface area contributed by atoms with Gasteiger partial charge in [0.2, 0.25) is 22.6 Å². The van der Waals surface area contributed by atoms with Gasteiger partial charge in [-0.3, -0.25) is 0 Å². The van der Waals surface area contributed by atoms with E-state index in [2.05, 4.69) is 143 Å². The minimum Gasteiger partial charge on any atom is -0.396 e. The van der Waals surface area contributed by atoms with Gasteiger partial charge >= 0.3 is 0 Å². The van der Waals surface area contributed by atoms with Gasteiger partial charge in [0.05, 0.1) is 35.9 Å². The molecule has 372 valence electrons. The van der Waals surface area contributed by atoms with Crippen LogP contribution >= 0.6 is 11.6 Å². The second kappa shape index (κ2) is 20.0. The SMILES string of the molecule is Nc1cc(-n2cnnn2)c(C2CC2)cc1F.[C-]#[N+]c1cnc(Cl)nc1NC1CC(C)(C)NC(C)(C)C1.[C-]#[N+]c1cnc(Nc2cc(-n3cnnn3)c(C3CC3)cc2F)nc1NC1CC(C)(C)NC(C)(C)C1. The van der Waals surface area contributed by atoms with Crippen molar-refractivity contribution in [3.05, 3.63) is 100 Å². The number of aromatic nitrogens is 12. The van der Waals surface area contributed by atoms with Gasteiger partial charge in [-0.05, 0) is 186 Å². The van der Waals surface area contributed by atoms with Gasteiger partial charge in [-0.25, -0.2) is 47.8 Å². The molecule has 23 heteroatoms. The first-order valence-corrected chi connectivity index (χ1v) is 23.9. The van der Waals surface area contributed by atoms with Crippen LogP contribution in [0.1, 0.15) is 130 Å². The molecule has 0 amide bonds. The lowest BCUT2D eigenvalue weighted by Crippen LogP contribution is -2.60. The molecule has 2 saturated carbocycles. The Kier molecular flexibility index (Phi) is 14.2. The molecule has 10 rings (SSSR count). The fraction of sp³-hybridized carbons (Fsp3) is 0.500. The van der Waals surface area contributed by atoms with E-state index < -0.39 is 5.82 Å². The summed E-state index contributed by atoms with van der Waals surface area (Å²) in [5.74, 6) is 1.10. The van der Waals surface area contributed by atoms with Crippen LogP contribution in [0.5, 0.6) is 0 Å². The molecule has 0 spiro atoms. The molecular weight excluding hydrogens is 930 g/mol. The first-order valence-electron chi connectivity index (χ1n) is 23.5. The van der Waals surface area contributed by atoms with Crippen molar-refractivity contribution in [3.8, 4) is 11.4 Å². The monoisotopic (exact) mass is 988 g/mol. The normalized spacial score (nSPS) is 18.9. The number of nitrogens with two attached hydrogens (primary N) is 1. The predicted octanol–water partition coefficient (Wildman–Crippen LogP) is 9.15. The summed E-state index contributed by atoms with van der Waals surface area (Å²) in [5.41, 5.74) is 9.86. The van der Waals surface area contributed by atoms with Gasteiger partial charge in [-0.2, -0.15) is 0 Å². The van der Waals surface area contributed by atoms with Gasteiger partial charge in [0, 0.05) is 46.6 Å². The first kappa shape index (κ1) is 50.4. The van der Waals surface area contributed by atoms with Crippen LogP contribution in [0.2, 0.25) is 5.28 Å². The summed E-state index contributed by atoms with van der Waals surface area (Å²) in [4.78, 5) is 23.8. The molecule has 0 atom stereocenters. The van der Waals surface area contributed by atoms with E-state index in [0.717, 1.165) is 73.9 Å². The summed E-state index contributed by atoms with van der Waals surface area (Å²) in [7, 11) is 0. The van der Waals surface area contributed by atoms with Crippen LogP contribution < -0.4 is 32.3 Å². The molecule has 2 aliphatic heterocycles. The van der Waals surface area contributed by atoms with Crippen LogP contribution in [0.3, 0.4) is 0 Å². The van der Waals surface area contributed by atoms with Gasteiger partial charge in [0.1, 0.15) is 35.9 Å². The lowest BCUT2D eigenvalue weighted by atomic mass is 9.79. The third kappa shape index (κ3) is 12.9. The zero-order valence-electron chi connectivity index (χ0n) is 41.1. The lowest BCUT2D eigenvalue weighted by molar-refractivity contribution is 0.170. The van der Waals surface area contributed by atoms with Crippen molar-refractivity contribution >= 4 is 51.9 Å². The Balaban J connectivity index is 0.000000158. The van der Waals surface area contributed by atoms with Crippen molar-refractivity contribution in [2.45, 2.75) is 153 Å². The van der Waals surface area contributed by atoms with Crippen LogP contribution in [0, 0.1) is 24.8 Å². The Labute approximate surface area is 416 Å². The molecule has 2 saturated heterocycles. The molecule has 6 heterocycles. The number of rotatable bonds is 10. The second-order valence-electron chi connectivity index (χ2n) is 21.3. The van der Waals surface area contributed by atoms with Crippen LogP contribution in [0.15, 0.2) is 49.3 Å². The van der Waals surface area contributed by atoms with Crippen molar-refractivity contribution in [1.82, 2.24) is 71.0 Å². The summed E-state index contributed by atoms with van der Waals surface area (Å²) >= 11 is 5.83.